The zero-order chi connectivity index (χ0) is 35.9. The molecule has 4 aromatic rings. The number of hydrogen-bond donors (Lipinski definition) is 0. The Morgan fingerprint density at radius 3 is 2.46 bits per heavy atom. The third-order valence-electron chi connectivity index (χ3n) is 7.37. The maximum atomic E-state index is 14.3. The monoisotopic (exact) mass is 781 g/mol. The van der Waals surface area contributed by atoms with Crippen molar-refractivity contribution in [1.29, 1.82) is 0 Å². The smallest absolute Gasteiger partial charge is 0.372 e. The second kappa shape index (κ2) is 20.6. The Morgan fingerprint density at radius 1 is 1.00 bits per heavy atom. The van der Waals surface area contributed by atoms with Crippen LogP contribution in [0, 0.1) is 5.82 Å². The molecule has 2 aromatic carbocycles. The summed E-state index contributed by atoms with van der Waals surface area (Å²) in [7, 11) is 1.30. The van der Waals surface area contributed by atoms with Crippen molar-refractivity contribution in [2.75, 3.05) is 18.6 Å². The molecular weight excluding hydrogens is 745 g/mol. The van der Waals surface area contributed by atoms with E-state index in [1.54, 1.807) is 9.36 Å². The van der Waals surface area contributed by atoms with Crippen molar-refractivity contribution in [3.8, 4) is 17.0 Å². The standard InChI is InChI=1S/C19H23ClN2O2S.C15H15ClFN3O3S2/c1-2-3-4-5-6-10-13-25-19(23)24-16-14-17(20)21-22-18(16)15-11-8-7-9-12-15;1-23-13(21)8-24-12-7-11(10(17)6-9(12)16)18-14-19-4-2-3-5-20(19)15(22)25-14/h7-9,11-12,14H,2-6,10,13H2,1H3;6-7H,2-5,8H2,1H3/b;18-14-. The Kier molecular flexibility index (Phi) is 16.3. The number of thioether (sulfide) groups is 2. The van der Waals surface area contributed by atoms with Gasteiger partial charge in [-0.3, -0.25) is 14.3 Å². The summed E-state index contributed by atoms with van der Waals surface area (Å²) in [5.74, 6) is 0.178. The number of aromatic nitrogens is 4. The van der Waals surface area contributed by atoms with E-state index in [4.69, 9.17) is 27.9 Å². The molecule has 0 amide bonds. The summed E-state index contributed by atoms with van der Waals surface area (Å²) in [5, 5.41) is 7.98. The number of esters is 1. The van der Waals surface area contributed by atoms with E-state index in [1.165, 1.54) is 56.7 Å². The van der Waals surface area contributed by atoms with Crippen LogP contribution >= 0.6 is 58.1 Å². The molecule has 0 saturated heterocycles. The second-order valence-corrected chi connectivity index (χ2v) is 14.8. The Balaban J connectivity index is 0.000000225. The zero-order valence-electron chi connectivity index (χ0n) is 27.7. The molecule has 16 heteroatoms. The van der Waals surface area contributed by atoms with Gasteiger partial charge in [-0.1, -0.05) is 92.6 Å². The number of fused-ring (bicyclic) bond motifs is 1. The number of halogens is 3. The van der Waals surface area contributed by atoms with Crippen LogP contribution in [0.4, 0.5) is 14.9 Å². The minimum atomic E-state index is -0.580. The van der Waals surface area contributed by atoms with E-state index in [0.717, 1.165) is 66.2 Å². The molecule has 0 bridgehead atoms. The van der Waals surface area contributed by atoms with E-state index in [9.17, 15) is 18.8 Å². The molecule has 3 heterocycles. The van der Waals surface area contributed by atoms with Gasteiger partial charge in [0.05, 0.1) is 17.9 Å². The third kappa shape index (κ3) is 12.0. The van der Waals surface area contributed by atoms with E-state index < -0.39 is 11.8 Å². The topological polar surface area (TPSA) is 118 Å². The fourth-order valence-corrected chi connectivity index (χ4v) is 7.60. The first kappa shape index (κ1) is 39.6. The van der Waals surface area contributed by atoms with Crippen molar-refractivity contribution in [3.05, 3.63) is 79.0 Å². The van der Waals surface area contributed by atoms with Gasteiger partial charge in [0.25, 0.3) is 0 Å². The first-order valence-electron chi connectivity index (χ1n) is 16.2. The molecule has 0 unspecified atom stereocenters. The predicted octanol–water partition coefficient (Wildman–Crippen LogP) is 9.18. The average molecular weight is 783 g/mol. The molecule has 1 aliphatic rings. The van der Waals surface area contributed by atoms with Gasteiger partial charge >= 0.3 is 16.1 Å². The molecule has 1 aliphatic heterocycles. The molecule has 10 nitrogen and oxygen atoms in total. The molecule has 0 N–H and O–H groups in total. The Bertz CT molecular complexity index is 1870. The third-order valence-corrected chi connectivity index (χ3v) is 10.7. The van der Waals surface area contributed by atoms with Crippen molar-refractivity contribution in [2.24, 2.45) is 4.99 Å². The van der Waals surface area contributed by atoms with Crippen LogP contribution in [0.5, 0.6) is 5.75 Å². The molecular formula is C34H38Cl2FN5O5S3. The van der Waals surface area contributed by atoms with Gasteiger partial charge in [0.2, 0.25) is 4.80 Å². The lowest BCUT2D eigenvalue weighted by Gasteiger charge is -2.15. The van der Waals surface area contributed by atoms with Gasteiger partial charge in [-0.25, -0.2) is 18.9 Å². The lowest BCUT2D eigenvalue weighted by Crippen LogP contribution is -2.31. The van der Waals surface area contributed by atoms with E-state index in [2.05, 4.69) is 26.9 Å². The molecule has 268 valence electrons. The van der Waals surface area contributed by atoms with Crippen LogP contribution in [0.15, 0.2) is 63.2 Å². The first-order chi connectivity index (χ1) is 24.2. The average Bonchev–Trinajstić information content (AvgIpc) is 3.43. The molecule has 50 heavy (non-hydrogen) atoms. The van der Waals surface area contributed by atoms with Gasteiger partial charge in [0.15, 0.2) is 10.9 Å². The maximum absolute atomic E-state index is 14.3. The number of rotatable bonds is 13. The lowest BCUT2D eigenvalue weighted by molar-refractivity contribution is -0.137. The minimum absolute atomic E-state index is 0.0605. The number of carbonyl (C=O) groups is 2. The summed E-state index contributed by atoms with van der Waals surface area (Å²) >= 11 is 15.3. The zero-order valence-corrected chi connectivity index (χ0v) is 31.7. The van der Waals surface area contributed by atoms with E-state index in [1.807, 2.05) is 30.3 Å². The van der Waals surface area contributed by atoms with Crippen LogP contribution in [-0.4, -0.2) is 49.4 Å². The fraction of sp³-hybridized carbons (Fsp3) is 0.412. The maximum Gasteiger partial charge on any atom is 0.372 e. The van der Waals surface area contributed by atoms with Crippen LogP contribution in [0.1, 0.15) is 58.3 Å². The van der Waals surface area contributed by atoms with Gasteiger partial charge in [0, 0.05) is 35.4 Å². The Labute approximate surface area is 312 Å². The molecule has 0 fully saturated rings. The molecule has 2 aromatic heterocycles. The van der Waals surface area contributed by atoms with Gasteiger partial charge < -0.3 is 9.47 Å². The summed E-state index contributed by atoms with van der Waals surface area (Å²) in [4.78, 5) is 40.6. The summed E-state index contributed by atoms with van der Waals surface area (Å²) in [5.41, 5.74) is 1.42. The number of ether oxygens (including phenoxy) is 2. The Hall–Kier alpha value is -3.17. The number of hydrogen-bond acceptors (Lipinski definition) is 11. The molecule has 0 atom stereocenters. The quantitative estimate of drug-likeness (QED) is 0.0744. The van der Waals surface area contributed by atoms with Crippen molar-refractivity contribution < 1.29 is 23.5 Å². The summed E-state index contributed by atoms with van der Waals surface area (Å²) in [6.07, 6.45) is 9.09. The SMILES string of the molecule is CCCCCCCCSC(=O)Oc1cc(Cl)nnc1-c1ccccc1.COC(=O)CSc1cc(/N=c2\sc(=O)n3n2CCCC3)c(F)cc1Cl. The first-order valence-corrected chi connectivity index (χ1v) is 19.7. The van der Waals surface area contributed by atoms with Crippen LogP contribution in [0.3, 0.4) is 0 Å². The second-order valence-electron chi connectivity index (χ2n) is 11.0. The Morgan fingerprint density at radius 2 is 1.72 bits per heavy atom. The van der Waals surface area contributed by atoms with E-state index in [-0.39, 0.29) is 31.8 Å². The molecule has 0 saturated carbocycles. The molecule has 5 rings (SSSR count). The number of nitrogens with zero attached hydrogens (tertiary/aromatic N) is 5. The highest BCUT2D eigenvalue weighted by molar-refractivity contribution is 8.13. The van der Waals surface area contributed by atoms with Crippen LogP contribution in [-0.2, 0) is 22.6 Å². The number of unbranched alkanes of at least 4 members (excludes halogenated alkanes) is 5. The number of carbonyl (C=O) groups excluding carboxylic acids is 2. The van der Waals surface area contributed by atoms with Gasteiger partial charge in [-0.2, -0.15) is 0 Å². The van der Waals surface area contributed by atoms with Crippen LogP contribution < -0.4 is 14.4 Å². The number of benzene rings is 2. The summed E-state index contributed by atoms with van der Waals surface area (Å²) < 4.78 is 27.7. The van der Waals surface area contributed by atoms with Crippen LogP contribution in [0.2, 0.25) is 10.2 Å². The number of methoxy groups -OCH3 is 1. The van der Waals surface area contributed by atoms with Crippen molar-refractivity contribution in [3.63, 3.8) is 0 Å². The van der Waals surface area contributed by atoms with Crippen molar-refractivity contribution in [1.82, 2.24) is 19.6 Å². The molecule has 0 spiro atoms. The predicted molar refractivity (Wildman–Crippen MR) is 200 cm³/mol. The van der Waals surface area contributed by atoms with Crippen molar-refractivity contribution >= 4 is 75.0 Å². The highest BCUT2D eigenvalue weighted by Gasteiger charge is 2.16. The van der Waals surface area contributed by atoms with E-state index >= 15 is 0 Å². The van der Waals surface area contributed by atoms with Crippen LogP contribution in [0.25, 0.3) is 11.3 Å². The largest absolute Gasteiger partial charge is 0.468 e. The summed E-state index contributed by atoms with van der Waals surface area (Å²) in [6.45, 7) is 3.53. The summed E-state index contributed by atoms with van der Waals surface area (Å²) in [6, 6.07) is 13.6. The minimum Gasteiger partial charge on any atom is -0.468 e. The van der Waals surface area contributed by atoms with E-state index in [0.29, 0.717) is 34.2 Å². The highest BCUT2D eigenvalue weighted by Crippen LogP contribution is 2.33. The van der Waals surface area contributed by atoms with Gasteiger partial charge in [-0.15, -0.1) is 22.0 Å². The molecule has 0 aliphatic carbocycles. The lowest BCUT2D eigenvalue weighted by atomic mass is 10.1. The normalized spacial score (nSPS) is 12.5. The van der Waals surface area contributed by atoms with Gasteiger partial charge in [-0.05, 0) is 54.5 Å². The highest BCUT2D eigenvalue weighted by atomic mass is 35.5. The fourth-order valence-electron chi connectivity index (χ4n) is 4.81. The molecule has 0 radical (unpaired) electrons. The van der Waals surface area contributed by atoms with Gasteiger partial charge in [0.1, 0.15) is 17.2 Å². The van der Waals surface area contributed by atoms with Crippen molar-refractivity contribution in [2.45, 2.75) is 76.3 Å².